The lowest BCUT2D eigenvalue weighted by molar-refractivity contribution is 0.151. The Labute approximate surface area is 93.4 Å². The van der Waals surface area contributed by atoms with E-state index in [0.29, 0.717) is 6.42 Å². The zero-order valence-electron chi connectivity index (χ0n) is 9.27. The topological polar surface area (TPSA) is 66.6 Å². The number of nitrogens with two attached hydrogens (primary N) is 1. The van der Waals surface area contributed by atoms with Gasteiger partial charge in [0.1, 0.15) is 12.3 Å². The molecule has 3 N–H and O–H groups in total. The molecule has 1 aliphatic rings. The molecular formula is C10H18F2N2O2. The van der Waals surface area contributed by atoms with Crippen molar-refractivity contribution in [3.8, 4) is 0 Å². The van der Waals surface area contributed by atoms with Crippen LogP contribution in [-0.4, -0.2) is 48.1 Å². The van der Waals surface area contributed by atoms with Gasteiger partial charge in [0.05, 0.1) is 0 Å². The lowest BCUT2D eigenvalue weighted by atomic mass is 9.98. The number of alkyl halides is 2. The van der Waals surface area contributed by atoms with E-state index in [1.165, 1.54) is 7.05 Å². The Morgan fingerprint density at radius 3 is 2.44 bits per heavy atom. The fourth-order valence-corrected chi connectivity index (χ4v) is 2.15. The van der Waals surface area contributed by atoms with E-state index in [1.807, 2.05) is 0 Å². The molecular weight excluding hydrogens is 218 g/mol. The van der Waals surface area contributed by atoms with Crippen molar-refractivity contribution in [1.29, 1.82) is 0 Å². The van der Waals surface area contributed by atoms with Gasteiger partial charge in [-0.1, -0.05) is 0 Å². The Morgan fingerprint density at radius 2 is 2.00 bits per heavy atom. The molecule has 4 atom stereocenters. The molecule has 0 bridgehead atoms. The summed E-state index contributed by atoms with van der Waals surface area (Å²) >= 11 is 0. The summed E-state index contributed by atoms with van der Waals surface area (Å²) in [6.45, 7) is 0.194. The van der Waals surface area contributed by atoms with Gasteiger partial charge in [-0.05, 0) is 25.2 Å². The van der Waals surface area contributed by atoms with Crippen LogP contribution >= 0.6 is 0 Å². The van der Waals surface area contributed by atoms with E-state index in [9.17, 15) is 13.6 Å². The van der Waals surface area contributed by atoms with Crippen LogP contribution < -0.4 is 5.73 Å². The van der Waals surface area contributed by atoms with Crippen molar-refractivity contribution in [2.45, 2.75) is 37.6 Å². The van der Waals surface area contributed by atoms with Gasteiger partial charge in [0.2, 0.25) is 0 Å². The van der Waals surface area contributed by atoms with Crippen molar-refractivity contribution in [2.75, 3.05) is 13.6 Å². The molecule has 16 heavy (non-hydrogen) atoms. The summed E-state index contributed by atoms with van der Waals surface area (Å²) in [4.78, 5) is 11.6. The Kier molecular flexibility index (Phi) is 4.46. The van der Waals surface area contributed by atoms with E-state index < -0.39 is 18.4 Å². The molecule has 0 aromatic carbocycles. The summed E-state index contributed by atoms with van der Waals surface area (Å²) < 4.78 is 25.8. The van der Waals surface area contributed by atoms with Crippen molar-refractivity contribution >= 4 is 6.09 Å². The first-order valence-electron chi connectivity index (χ1n) is 5.38. The second kappa shape index (κ2) is 5.43. The Bertz CT molecular complexity index is 243. The predicted octanol–water partition coefficient (Wildman–Crippen LogP) is 1.40. The Balaban J connectivity index is 2.30. The van der Waals surface area contributed by atoms with Crippen LogP contribution in [-0.2, 0) is 0 Å². The molecule has 0 aliphatic heterocycles. The highest BCUT2D eigenvalue weighted by molar-refractivity contribution is 5.64. The number of nitrogens with zero attached hydrogens (tertiary/aromatic N) is 1. The number of carbonyl (C=O) groups is 1. The molecule has 6 heteroatoms. The molecule has 1 rings (SSSR count). The van der Waals surface area contributed by atoms with Gasteiger partial charge in [0.15, 0.2) is 0 Å². The van der Waals surface area contributed by atoms with Gasteiger partial charge < -0.3 is 15.7 Å². The molecule has 1 aliphatic carbocycles. The van der Waals surface area contributed by atoms with E-state index >= 15 is 0 Å². The maximum absolute atomic E-state index is 12.9. The van der Waals surface area contributed by atoms with Gasteiger partial charge in [0, 0.05) is 19.6 Å². The first-order chi connectivity index (χ1) is 7.40. The molecule has 1 saturated carbocycles. The van der Waals surface area contributed by atoms with Crippen molar-refractivity contribution in [1.82, 2.24) is 4.90 Å². The normalized spacial score (nSPS) is 31.4. The molecule has 0 radical (unpaired) electrons. The summed E-state index contributed by atoms with van der Waals surface area (Å²) in [6, 6.07) is -0.358. The van der Waals surface area contributed by atoms with E-state index in [1.54, 1.807) is 0 Å². The minimum absolute atomic E-state index is 0.0674. The number of likely N-dealkylation sites (N-methyl/N-ethyl adjacent to an activating group) is 1. The number of carboxylic acid groups (broad SMARTS) is 1. The maximum atomic E-state index is 12.9. The average molecular weight is 236 g/mol. The van der Waals surface area contributed by atoms with Crippen LogP contribution in [0.5, 0.6) is 0 Å². The quantitative estimate of drug-likeness (QED) is 0.775. The van der Waals surface area contributed by atoms with Crippen LogP contribution in [0.25, 0.3) is 0 Å². The summed E-state index contributed by atoms with van der Waals surface area (Å²) in [7, 11) is 1.42. The molecule has 1 fully saturated rings. The highest BCUT2D eigenvalue weighted by Gasteiger charge is 2.35. The van der Waals surface area contributed by atoms with Gasteiger partial charge in [-0.25, -0.2) is 13.6 Å². The molecule has 0 saturated heterocycles. The van der Waals surface area contributed by atoms with E-state index in [0.717, 1.165) is 4.90 Å². The second-order valence-corrected chi connectivity index (χ2v) is 4.53. The second-order valence-electron chi connectivity index (χ2n) is 4.53. The van der Waals surface area contributed by atoms with Gasteiger partial charge in [-0.15, -0.1) is 0 Å². The highest BCUT2D eigenvalue weighted by Crippen LogP contribution is 2.33. The first kappa shape index (κ1) is 13.2. The summed E-state index contributed by atoms with van der Waals surface area (Å²) in [5.41, 5.74) is 5.73. The Morgan fingerprint density at radius 1 is 1.50 bits per heavy atom. The van der Waals surface area contributed by atoms with E-state index in [4.69, 9.17) is 10.8 Å². The molecule has 0 aromatic heterocycles. The molecule has 0 heterocycles. The monoisotopic (exact) mass is 236 g/mol. The predicted molar refractivity (Wildman–Crippen MR) is 55.8 cm³/mol. The Hall–Kier alpha value is -0.910. The lowest BCUT2D eigenvalue weighted by Crippen LogP contribution is -2.39. The smallest absolute Gasteiger partial charge is 0.407 e. The maximum Gasteiger partial charge on any atom is 0.407 e. The number of rotatable bonds is 4. The average Bonchev–Trinajstić information content (AvgIpc) is 2.45. The molecule has 0 spiro atoms. The van der Waals surface area contributed by atoms with Crippen LogP contribution in [0, 0.1) is 5.92 Å². The number of hydrogen-bond donors (Lipinski definition) is 2. The van der Waals surface area contributed by atoms with Crippen molar-refractivity contribution < 1.29 is 18.7 Å². The van der Waals surface area contributed by atoms with Crippen LogP contribution in [0.4, 0.5) is 13.6 Å². The van der Waals surface area contributed by atoms with E-state index in [-0.39, 0.29) is 31.3 Å². The minimum atomic E-state index is -1.38. The third-order valence-corrected chi connectivity index (χ3v) is 2.98. The lowest BCUT2D eigenvalue weighted by Gasteiger charge is -2.20. The van der Waals surface area contributed by atoms with Gasteiger partial charge in [0.25, 0.3) is 0 Å². The zero-order chi connectivity index (χ0) is 12.3. The number of halogens is 2. The van der Waals surface area contributed by atoms with Crippen LogP contribution in [0.1, 0.15) is 19.3 Å². The number of hydrogen-bond acceptors (Lipinski definition) is 2. The van der Waals surface area contributed by atoms with E-state index in [2.05, 4.69) is 0 Å². The van der Waals surface area contributed by atoms with Gasteiger partial charge >= 0.3 is 6.09 Å². The third-order valence-electron chi connectivity index (χ3n) is 2.98. The molecule has 1 unspecified atom stereocenters. The van der Waals surface area contributed by atoms with Crippen molar-refractivity contribution in [2.24, 2.45) is 11.7 Å². The van der Waals surface area contributed by atoms with Crippen LogP contribution in [0.15, 0.2) is 0 Å². The van der Waals surface area contributed by atoms with Crippen molar-refractivity contribution in [3.63, 3.8) is 0 Å². The van der Waals surface area contributed by atoms with Gasteiger partial charge in [-0.2, -0.15) is 0 Å². The standard InChI is InChI=1S/C10H18F2N2O2/c1-14(10(15)16)5-7(13)2-6-3-8(11)9(12)4-6/h6-9H,2-5,13H2,1H3,(H,15,16)/t6?,7-,8-,9+/m1/s1. The largest absolute Gasteiger partial charge is 0.465 e. The third kappa shape index (κ3) is 3.59. The van der Waals surface area contributed by atoms with Crippen molar-refractivity contribution in [3.05, 3.63) is 0 Å². The van der Waals surface area contributed by atoms with Crippen LogP contribution in [0.2, 0.25) is 0 Å². The summed E-state index contributed by atoms with van der Waals surface area (Å²) in [6.07, 6.45) is -2.94. The minimum Gasteiger partial charge on any atom is -0.465 e. The molecule has 94 valence electrons. The molecule has 4 nitrogen and oxygen atoms in total. The summed E-state index contributed by atoms with van der Waals surface area (Å²) in [5.74, 6) is -0.0674. The highest BCUT2D eigenvalue weighted by atomic mass is 19.2. The fraction of sp³-hybridized carbons (Fsp3) is 0.900. The molecule has 1 amide bonds. The molecule has 0 aromatic rings. The summed E-state index contributed by atoms with van der Waals surface area (Å²) in [5, 5.41) is 8.63. The SMILES string of the molecule is CN(C[C@H](N)CC1C[C@@H](F)[C@@H](F)C1)C(=O)O. The first-order valence-corrected chi connectivity index (χ1v) is 5.38. The zero-order valence-corrected chi connectivity index (χ0v) is 9.27. The fourth-order valence-electron chi connectivity index (χ4n) is 2.15. The van der Waals surface area contributed by atoms with Crippen LogP contribution in [0.3, 0.4) is 0 Å². The van der Waals surface area contributed by atoms with Gasteiger partial charge in [-0.3, -0.25) is 0 Å². The number of amides is 1.